The van der Waals surface area contributed by atoms with Crippen molar-refractivity contribution in [2.24, 2.45) is 5.92 Å². The minimum Gasteiger partial charge on any atom is -0.378 e. The molecular weight excluding hydrogens is 218 g/mol. The maximum atomic E-state index is 11.8. The Hall–Kier alpha value is -0.810. The highest BCUT2D eigenvalue weighted by atomic mass is 16.5. The number of rotatable bonds is 4. The number of nitrogens with zero attached hydrogens (tertiary/aromatic N) is 1. The molecule has 2 aliphatic rings. The van der Waals surface area contributed by atoms with Crippen LogP contribution in [-0.2, 0) is 4.74 Å². The predicted octanol–water partition coefficient (Wildman–Crippen LogP) is 0.415. The molecule has 98 valence electrons. The second kappa shape index (κ2) is 5.69. The van der Waals surface area contributed by atoms with E-state index >= 15 is 0 Å². The molecule has 0 aromatic carbocycles. The van der Waals surface area contributed by atoms with Gasteiger partial charge in [-0.1, -0.05) is 13.8 Å². The molecule has 2 N–H and O–H groups in total. The van der Waals surface area contributed by atoms with Gasteiger partial charge < -0.3 is 20.3 Å². The van der Waals surface area contributed by atoms with Crippen molar-refractivity contribution in [2.45, 2.75) is 32.4 Å². The Morgan fingerprint density at radius 2 is 2.29 bits per heavy atom. The van der Waals surface area contributed by atoms with Crippen molar-refractivity contribution >= 4 is 6.03 Å². The maximum Gasteiger partial charge on any atom is 0.317 e. The standard InChI is InChI=1S/C12H23N3O2/c1-9(2)5-10-6-15(12(16)14-10)7-11-8-17-4-3-13-11/h9-11,13H,3-8H2,1-2H3,(H,14,16). The summed E-state index contributed by atoms with van der Waals surface area (Å²) in [5.41, 5.74) is 0. The molecule has 2 atom stereocenters. The van der Waals surface area contributed by atoms with Gasteiger partial charge in [0.2, 0.25) is 0 Å². The third-order valence-electron chi connectivity index (χ3n) is 3.25. The topological polar surface area (TPSA) is 53.6 Å². The largest absolute Gasteiger partial charge is 0.378 e. The molecule has 2 amide bonds. The monoisotopic (exact) mass is 241 g/mol. The van der Waals surface area contributed by atoms with Crippen LogP contribution in [0.2, 0.25) is 0 Å². The molecule has 0 radical (unpaired) electrons. The van der Waals surface area contributed by atoms with Crippen LogP contribution in [0.15, 0.2) is 0 Å². The van der Waals surface area contributed by atoms with E-state index in [-0.39, 0.29) is 12.1 Å². The molecule has 2 saturated heterocycles. The van der Waals surface area contributed by atoms with Crippen molar-refractivity contribution in [3.63, 3.8) is 0 Å². The highest BCUT2D eigenvalue weighted by Gasteiger charge is 2.30. The molecule has 5 heteroatoms. The molecule has 0 aromatic heterocycles. The van der Waals surface area contributed by atoms with Gasteiger partial charge in [-0.25, -0.2) is 4.79 Å². The van der Waals surface area contributed by atoms with E-state index in [0.717, 1.165) is 32.7 Å². The van der Waals surface area contributed by atoms with Gasteiger partial charge in [0.05, 0.1) is 13.2 Å². The van der Waals surface area contributed by atoms with Crippen molar-refractivity contribution in [1.29, 1.82) is 0 Å². The molecule has 2 fully saturated rings. The fourth-order valence-electron chi connectivity index (χ4n) is 2.52. The first-order chi connectivity index (χ1) is 8.15. The van der Waals surface area contributed by atoms with Crippen molar-refractivity contribution in [3.05, 3.63) is 0 Å². The SMILES string of the molecule is CC(C)CC1CN(CC2COCCN2)C(=O)N1. The van der Waals surface area contributed by atoms with E-state index in [2.05, 4.69) is 24.5 Å². The number of ether oxygens (including phenoxy) is 1. The predicted molar refractivity (Wildman–Crippen MR) is 66.0 cm³/mol. The van der Waals surface area contributed by atoms with Crippen molar-refractivity contribution in [3.8, 4) is 0 Å². The summed E-state index contributed by atoms with van der Waals surface area (Å²) in [5.74, 6) is 0.622. The highest BCUT2D eigenvalue weighted by molar-refractivity contribution is 5.76. The molecule has 2 rings (SSSR count). The molecular formula is C12H23N3O2. The summed E-state index contributed by atoms with van der Waals surface area (Å²) in [6, 6.07) is 0.669. The van der Waals surface area contributed by atoms with E-state index in [0.29, 0.717) is 18.6 Å². The lowest BCUT2D eigenvalue weighted by molar-refractivity contribution is 0.0678. The summed E-state index contributed by atoms with van der Waals surface area (Å²) >= 11 is 0. The summed E-state index contributed by atoms with van der Waals surface area (Å²) in [6.07, 6.45) is 1.05. The summed E-state index contributed by atoms with van der Waals surface area (Å²) in [7, 11) is 0. The van der Waals surface area contributed by atoms with Crippen LogP contribution in [-0.4, -0.2) is 55.9 Å². The van der Waals surface area contributed by atoms with Crippen LogP contribution < -0.4 is 10.6 Å². The number of carbonyl (C=O) groups is 1. The third-order valence-corrected chi connectivity index (χ3v) is 3.25. The number of carbonyl (C=O) groups excluding carboxylic acids is 1. The van der Waals surface area contributed by atoms with Gasteiger partial charge in [0.1, 0.15) is 0 Å². The Balaban J connectivity index is 1.79. The van der Waals surface area contributed by atoms with E-state index in [4.69, 9.17) is 4.74 Å². The molecule has 0 aliphatic carbocycles. The van der Waals surface area contributed by atoms with Crippen molar-refractivity contribution in [1.82, 2.24) is 15.5 Å². The average Bonchev–Trinajstić information content (AvgIpc) is 2.59. The zero-order chi connectivity index (χ0) is 12.3. The van der Waals surface area contributed by atoms with Gasteiger partial charge in [-0.05, 0) is 12.3 Å². The second-order valence-corrected chi connectivity index (χ2v) is 5.41. The van der Waals surface area contributed by atoms with Gasteiger partial charge in [-0.3, -0.25) is 0 Å². The van der Waals surface area contributed by atoms with E-state index in [9.17, 15) is 4.79 Å². The quantitative estimate of drug-likeness (QED) is 0.750. The first-order valence-corrected chi connectivity index (χ1v) is 6.51. The minimum absolute atomic E-state index is 0.0722. The van der Waals surface area contributed by atoms with Gasteiger partial charge in [0, 0.05) is 31.7 Å². The molecule has 2 unspecified atom stereocenters. The van der Waals surface area contributed by atoms with E-state index < -0.39 is 0 Å². The first kappa shape index (κ1) is 12.6. The van der Waals surface area contributed by atoms with Crippen molar-refractivity contribution < 1.29 is 9.53 Å². The number of amides is 2. The summed E-state index contributed by atoms with van der Waals surface area (Å²) in [6.45, 7) is 8.32. The molecule has 2 aliphatic heterocycles. The Morgan fingerprint density at radius 1 is 1.47 bits per heavy atom. The fourth-order valence-corrected chi connectivity index (χ4v) is 2.52. The molecule has 0 bridgehead atoms. The van der Waals surface area contributed by atoms with Crippen LogP contribution in [0.5, 0.6) is 0 Å². The van der Waals surface area contributed by atoms with E-state index in [1.165, 1.54) is 0 Å². The number of urea groups is 1. The van der Waals surface area contributed by atoms with Crippen LogP contribution >= 0.6 is 0 Å². The minimum atomic E-state index is 0.0722. The van der Waals surface area contributed by atoms with Gasteiger partial charge >= 0.3 is 6.03 Å². The number of morpholine rings is 1. The normalized spacial score (nSPS) is 29.8. The van der Waals surface area contributed by atoms with Crippen LogP contribution in [0, 0.1) is 5.92 Å². The summed E-state index contributed by atoms with van der Waals surface area (Å²) < 4.78 is 5.40. The molecule has 2 heterocycles. The zero-order valence-corrected chi connectivity index (χ0v) is 10.7. The van der Waals surface area contributed by atoms with Gasteiger partial charge in [0.15, 0.2) is 0 Å². The highest BCUT2D eigenvalue weighted by Crippen LogP contribution is 2.13. The van der Waals surface area contributed by atoms with Gasteiger partial charge in [0.25, 0.3) is 0 Å². The smallest absolute Gasteiger partial charge is 0.317 e. The summed E-state index contributed by atoms with van der Waals surface area (Å²) in [5, 5.41) is 6.42. The Kier molecular flexibility index (Phi) is 4.23. The number of nitrogens with one attached hydrogen (secondary N) is 2. The van der Waals surface area contributed by atoms with E-state index in [1.54, 1.807) is 0 Å². The molecule has 0 spiro atoms. The maximum absolute atomic E-state index is 11.8. The lowest BCUT2D eigenvalue weighted by Gasteiger charge is -2.27. The van der Waals surface area contributed by atoms with Gasteiger partial charge in [-0.15, -0.1) is 0 Å². The first-order valence-electron chi connectivity index (χ1n) is 6.51. The average molecular weight is 241 g/mol. The van der Waals surface area contributed by atoms with Crippen LogP contribution in [0.1, 0.15) is 20.3 Å². The second-order valence-electron chi connectivity index (χ2n) is 5.41. The summed E-state index contributed by atoms with van der Waals surface area (Å²) in [4.78, 5) is 13.7. The van der Waals surface area contributed by atoms with Crippen LogP contribution in [0.25, 0.3) is 0 Å². The molecule has 5 nitrogen and oxygen atoms in total. The fraction of sp³-hybridized carbons (Fsp3) is 0.917. The van der Waals surface area contributed by atoms with E-state index in [1.807, 2.05) is 4.90 Å². The molecule has 17 heavy (non-hydrogen) atoms. The Labute approximate surface area is 103 Å². The van der Waals surface area contributed by atoms with Crippen molar-refractivity contribution in [2.75, 3.05) is 32.8 Å². The van der Waals surface area contributed by atoms with Gasteiger partial charge in [-0.2, -0.15) is 0 Å². The van der Waals surface area contributed by atoms with Crippen LogP contribution in [0.3, 0.4) is 0 Å². The molecule has 0 saturated carbocycles. The zero-order valence-electron chi connectivity index (χ0n) is 10.7. The third kappa shape index (κ3) is 3.57. The number of hydrogen-bond acceptors (Lipinski definition) is 3. The Morgan fingerprint density at radius 3 is 2.94 bits per heavy atom. The molecule has 0 aromatic rings. The lowest BCUT2D eigenvalue weighted by Crippen LogP contribution is -2.49. The Bertz CT molecular complexity index is 264. The number of hydrogen-bond donors (Lipinski definition) is 2. The lowest BCUT2D eigenvalue weighted by atomic mass is 10.0. The van der Waals surface area contributed by atoms with Crippen LogP contribution in [0.4, 0.5) is 4.79 Å².